The Kier molecular flexibility index (Phi) is 5.85. The van der Waals surface area contributed by atoms with Crippen molar-refractivity contribution < 1.29 is 4.74 Å². The van der Waals surface area contributed by atoms with Gasteiger partial charge in [0.15, 0.2) is 0 Å². The third-order valence-corrected chi connectivity index (χ3v) is 3.71. The average Bonchev–Trinajstić information content (AvgIpc) is 2.50. The lowest BCUT2D eigenvalue weighted by Crippen LogP contribution is -2.46. The molecular formula is C16H23N3O. The van der Waals surface area contributed by atoms with E-state index in [0.717, 1.165) is 32.7 Å². The summed E-state index contributed by atoms with van der Waals surface area (Å²) in [5, 5.41) is 12.4. The summed E-state index contributed by atoms with van der Waals surface area (Å²) < 4.78 is 5.52. The molecule has 1 fully saturated rings. The molecule has 1 N–H and O–H groups in total. The lowest BCUT2D eigenvalue weighted by Gasteiger charge is -2.34. The molecular weight excluding hydrogens is 250 g/mol. The van der Waals surface area contributed by atoms with Gasteiger partial charge in [0.1, 0.15) is 0 Å². The predicted molar refractivity (Wildman–Crippen MR) is 80.7 cm³/mol. The Labute approximate surface area is 121 Å². The van der Waals surface area contributed by atoms with Crippen LogP contribution in [0.25, 0.3) is 0 Å². The Morgan fingerprint density at radius 2 is 2.25 bits per heavy atom. The first-order valence-corrected chi connectivity index (χ1v) is 7.31. The number of benzene rings is 1. The smallest absolute Gasteiger partial charge is 0.0640 e. The van der Waals surface area contributed by atoms with Crippen LogP contribution in [0.5, 0.6) is 0 Å². The highest BCUT2D eigenvalue weighted by Gasteiger charge is 2.20. The predicted octanol–water partition coefficient (Wildman–Crippen LogP) is 2.17. The number of ether oxygens (including phenoxy) is 1. The van der Waals surface area contributed by atoms with Gasteiger partial charge in [-0.05, 0) is 25.5 Å². The van der Waals surface area contributed by atoms with Crippen LogP contribution in [0.3, 0.4) is 0 Å². The minimum atomic E-state index is 0.380. The second-order valence-corrected chi connectivity index (χ2v) is 5.25. The topological polar surface area (TPSA) is 48.3 Å². The van der Waals surface area contributed by atoms with Gasteiger partial charge in [0.2, 0.25) is 0 Å². The van der Waals surface area contributed by atoms with E-state index in [1.165, 1.54) is 5.69 Å². The second kappa shape index (κ2) is 7.88. The minimum absolute atomic E-state index is 0.380. The number of anilines is 1. The van der Waals surface area contributed by atoms with Crippen LogP contribution >= 0.6 is 0 Å². The molecule has 1 aromatic rings. The van der Waals surface area contributed by atoms with Crippen molar-refractivity contribution in [2.24, 2.45) is 0 Å². The van der Waals surface area contributed by atoms with Gasteiger partial charge in [-0.1, -0.05) is 18.2 Å². The Morgan fingerprint density at radius 3 is 2.90 bits per heavy atom. The van der Waals surface area contributed by atoms with E-state index in [1.54, 1.807) is 0 Å². The molecule has 0 spiro atoms. The normalized spacial score (nSPS) is 20.1. The van der Waals surface area contributed by atoms with E-state index in [-0.39, 0.29) is 0 Å². The Balaban J connectivity index is 1.99. The van der Waals surface area contributed by atoms with Gasteiger partial charge >= 0.3 is 0 Å². The van der Waals surface area contributed by atoms with Crippen molar-refractivity contribution in [3.63, 3.8) is 0 Å². The molecule has 2 rings (SSSR count). The standard InChI is InChI=1S/C16H23N3O/c1-14(12-15-13-20-11-9-18-15)19(10-5-8-17)16-6-3-2-4-7-16/h2-4,6-7,14-15,18H,5,9-13H2,1H3. The lowest BCUT2D eigenvalue weighted by molar-refractivity contribution is 0.0722. The van der Waals surface area contributed by atoms with Gasteiger partial charge in [-0.2, -0.15) is 5.26 Å². The zero-order valence-corrected chi connectivity index (χ0v) is 12.1. The summed E-state index contributed by atoms with van der Waals surface area (Å²) >= 11 is 0. The molecule has 1 saturated heterocycles. The van der Waals surface area contributed by atoms with Crippen molar-refractivity contribution in [1.82, 2.24) is 5.32 Å². The van der Waals surface area contributed by atoms with Crippen molar-refractivity contribution in [2.75, 3.05) is 31.2 Å². The third-order valence-electron chi connectivity index (χ3n) is 3.71. The second-order valence-electron chi connectivity index (χ2n) is 5.25. The quantitative estimate of drug-likeness (QED) is 0.863. The Morgan fingerprint density at radius 1 is 1.45 bits per heavy atom. The molecule has 4 heteroatoms. The highest BCUT2D eigenvalue weighted by molar-refractivity contribution is 5.47. The molecule has 0 aliphatic carbocycles. The number of morpholine rings is 1. The number of nitrogens with one attached hydrogen (secondary N) is 1. The molecule has 20 heavy (non-hydrogen) atoms. The highest BCUT2D eigenvalue weighted by Crippen LogP contribution is 2.19. The molecule has 0 bridgehead atoms. The van der Waals surface area contributed by atoms with E-state index >= 15 is 0 Å². The first kappa shape index (κ1) is 14.8. The summed E-state index contributed by atoms with van der Waals surface area (Å²) in [6, 6.07) is 13.4. The van der Waals surface area contributed by atoms with E-state index < -0.39 is 0 Å². The van der Waals surface area contributed by atoms with Crippen LogP contribution in [0.15, 0.2) is 30.3 Å². The molecule has 2 atom stereocenters. The molecule has 108 valence electrons. The van der Waals surface area contributed by atoms with E-state index in [1.807, 2.05) is 18.2 Å². The monoisotopic (exact) mass is 273 g/mol. The van der Waals surface area contributed by atoms with Crippen molar-refractivity contribution in [2.45, 2.75) is 31.8 Å². The van der Waals surface area contributed by atoms with Crippen LogP contribution in [0.2, 0.25) is 0 Å². The van der Waals surface area contributed by atoms with Crippen LogP contribution in [-0.2, 0) is 4.74 Å². The first-order valence-electron chi connectivity index (χ1n) is 7.31. The molecule has 0 saturated carbocycles. The molecule has 1 heterocycles. The van der Waals surface area contributed by atoms with Crippen LogP contribution in [0, 0.1) is 11.3 Å². The lowest BCUT2D eigenvalue weighted by atomic mass is 10.1. The average molecular weight is 273 g/mol. The van der Waals surface area contributed by atoms with E-state index in [9.17, 15) is 0 Å². The Hall–Kier alpha value is -1.57. The van der Waals surface area contributed by atoms with E-state index in [4.69, 9.17) is 10.00 Å². The molecule has 1 aromatic carbocycles. The van der Waals surface area contributed by atoms with Crippen molar-refractivity contribution in [1.29, 1.82) is 5.26 Å². The SMILES string of the molecule is CC(CC1COCCN1)N(CCC#N)c1ccccc1. The third kappa shape index (κ3) is 4.22. The fourth-order valence-corrected chi connectivity index (χ4v) is 2.70. The van der Waals surface area contributed by atoms with Crippen LogP contribution < -0.4 is 10.2 Å². The van der Waals surface area contributed by atoms with Gasteiger partial charge in [-0.15, -0.1) is 0 Å². The van der Waals surface area contributed by atoms with E-state index in [0.29, 0.717) is 18.5 Å². The highest BCUT2D eigenvalue weighted by atomic mass is 16.5. The van der Waals surface area contributed by atoms with Crippen molar-refractivity contribution in [3.8, 4) is 6.07 Å². The van der Waals surface area contributed by atoms with Gasteiger partial charge in [0.05, 0.1) is 25.7 Å². The summed E-state index contributed by atoms with van der Waals surface area (Å²) in [5.74, 6) is 0. The Bertz CT molecular complexity index is 423. The van der Waals surface area contributed by atoms with Gasteiger partial charge in [0, 0.05) is 30.9 Å². The van der Waals surface area contributed by atoms with Crippen molar-refractivity contribution in [3.05, 3.63) is 30.3 Å². The maximum Gasteiger partial charge on any atom is 0.0640 e. The number of rotatable bonds is 6. The van der Waals surface area contributed by atoms with Crippen LogP contribution in [0.4, 0.5) is 5.69 Å². The molecule has 2 unspecified atom stereocenters. The maximum atomic E-state index is 8.86. The molecule has 0 aromatic heterocycles. The summed E-state index contributed by atoms with van der Waals surface area (Å²) in [6.07, 6.45) is 1.58. The largest absolute Gasteiger partial charge is 0.379 e. The minimum Gasteiger partial charge on any atom is -0.379 e. The maximum absolute atomic E-state index is 8.86. The summed E-state index contributed by atoms with van der Waals surface area (Å²) in [5.41, 5.74) is 1.19. The van der Waals surface area contributed by atoms with E-state index in [2.05, 4.69) is 35.3 Å². The van der Waals surface area contributed by atoms with Crippen molar-refractivity contribution >= 4 is 5.69 Å². The van der Waals surface area contributed by atoms with Gasteiger partial charge in [0.25, 0.3) is 0 Å². The van der Waals surface area contributed by atoms with Gasteiger partial charge in [-0.25, -0.2) is 0 Å². The zero-order chi connectivity index (χ0) is 14.2. The molecule has 0 radical (unpaired) electrons. The number of hydrogen-bond acceptors (Lipinski definition) is 4. The number of hydrogen-bond donors (Lipinski definition) is 1. The van der Waals surface area contributed by atoms with Crippen LogP contribution in [0.1, 0.15) is 19.8 Å². The fraction of sp³-hybridized carbons (Fsp3) is 0.562. The molecule has 1 aliphatic heterocycles. The van der Waals surface area contributed by atoms with Crippen LogP contribution in [-0.4, -0.2) is 38.4 Å². The zero-order valence-electron chi connectivity index (χ0n) is 12.1. The summed E-state index contributed by atoms with van der Waals surface area (Å²) in [7, 11) is 0. The van der Waals surface area contributed by atoms with Gasteiger partial charge < -0.3 is 15.0 Å². The molecule has 0 amide bonds. The summed E-state index contributed by atoms with van der Waals surface area (Å²) in [4.78, 5) is 2.32. The molecule has 1 aliphatic rings. The number of nitriles is 1. The fourth-order valence-electron chi connectivity index (χ4n) is 2.70. The summed E-state index contributed by atoms with van der Waals surface area (Å²) in [6.45, 7) is 5.52. The van der Waals surface area contributed by atoms with Gasteiger partial charge in [-0.3, -0.25) is 0 Å². The number of para-hydroxylation sites is 1. The number of nitrogens with zero attached hydrogens (tertiary/aromatic N) is 2. The molecule has 4 nitrogen and oxygen atoms in total. The first-order chi connectivity index (χ1) is 9.81.